The fraction of sp³-hybridized carbons (Fsp3) is 0.917. The van der Waals surface area contributed by atoms with Gasteiger partial charge in [0.05, 0.1) is 13.0 Å². The topological polar surface area (TPSA) is 26.3 Å². The maximum atomic E-state index is 11.4. The van der Waals surface area contributed by atoms with Gasteiger partial charge in [-0.2, -0.15) is 0 Å². The first-order valence-electron chi connectivity index (χ1n) is 5.73. The van der Waals surface area contributed by atoms with Gasteiger partial charge in [0.25, 0.3) is 0 Å². The average molecular weight is 200 g/mol. The Hall–Kier alpha value is -0.530. The smallest absolute Gasteiger partial charge is 0.308 e. The average Bonchev–Trinajstić information content (AvgIpc) is 2.22. The maximum absolute atomic E-state index is 11.4. The van der Waals surface area contributed by atoms with E-state index in [0.29, 0.717) is 0 Å². The Bertz CT molecular complexity index is 154. The molecule has 14 heavy (non-hydrogen) atoms. The van der Waals surface area contributed by atoms with Crippen LogP contribution in [0.2, 0.25) is 0 Å². The van der Waals surface area contributed by atoms with E-state index in [9.17, 15) is 4.79 Å². The third kappa shape index (κ3) is 5.25. The first-order valence-corrected chi connectivity index (χ1v) is 5.73. The molecule has 0 fully saturated rings. The second-order valence-corrected chi connectivity index (χ2v) is 4.10. The summed E-state index contributed by atoms with van der Waals surface area (Å²) >= 11 is 0. The van der Waals surface area contributed by atoms with Crippen molar-refractivity contribution in [3.63, 3.8) is 0 Å². The molecule has 0 spiro atoms. The van der Waals surface area contributed by atoms with Crippen molar-refractivity contribution in [1.82, 2.24) is 0 Å². The van der Waals surface area contributed by atoms with Crippen molar-refractivity contribution in [2.45, 2.75) is 52.9 Å². The lowest BCUT2D eigenvalue weighted by Gasteiger charge is -2.15. The molecule has 84 valence electrons. The third-order valence-corrected chi connectivity index (χ3v) is 2.88. The van der Waals surface area contributed by atoms with Crippen LogP contribution in [-0.2, 0) is 9.53 Å². The van der Waals surface area contributed by atoms with Gasteiger partial charge in [-0.05, 0) is 25.2 Å². The molecule has 2 unspecified atom stereocenters. The fourth-order valence-corrected chi connectivity index (χ4v) is 1.58. The quantitative estimate of drug-likeness (QED) is 0.589. The monoisotopic (exact) mass is 200 g/mol. The van der Waals surface area contributed by atoms with E-state index < -0.39 is 0 Å². The van der Waals surface area contributed by atoms with E-state index in [1.807, 2.05) is 0 Å². The van der Waals surface area contributed by atoms with Crippen molar-refractivity contribution in [1.29, 1.82) is 0 Å². The van der Waals surface area contributed by atoms with E-state index in [2.05, 4.69) is 20.8 Å². The molecule has 0 aliphatic carbocycles. The van der Waals surface area contributed by atoms with Crippen molar-refractivity contribution in [2.24, 2.45) is 11.8 Å². The van der Waals surface area contributed by atoms with Crippen LogP contribution < -0.4 is 0 Å². The van der Waals surface area contributed by atoms with Crippen molar-refractivity contribution in [2.75, 3.05) is 7.11 Å². The highest BCUT2D eigenvalue weighted by atomic mass is 16.5. The number of methoxy groups -OCH3 is 1. The Morgan fingerprint density at radius 1 is 1.21 bits per heavy atom. The number of carbonyl (C=O) groups excluding carboxylic acids is 1. The van der Waals surface area contributed by atoms with Crippen LogP contribution in [0.3, 0.4) is 0 Å². The van der Waals surface area contributed by atoms with Crippen molar-refractivity contribution < 1.29 is 9.53 Å². The lowest BCUT2D eigenvalue weighted by atomic mass is 9.92. The lowest BCUT2D eigenvalue weighted by Crippen LogP contribution is -2.16. The van der Waals surface area contributed by atoms with E-state index in [1.165, 1.54) is 13.5 Å². The molecule has 0 bridgehead atoms. The summed E-state index contributed by atoms with van der Waals surface area (Å²) in [5.74, 6) is 0.813. The molecule has 0 aromatic heterocycles. The number of hydrogen-bond acceptors (Lipinski definition) is 2. The summed E-state index contributed by atoms with van der Waals surface area (Å²) in [5.41, 5.74) is 0. The molecule has 0 radical (unpaired) electrons. The van der Waals surface area contributed by atoms with E-state index >= 15 is 0 Å². The molecule has 0 saturated heterocycles. The number of hydrogen-bond donors (Lipinski definition) is 0. The van der Waals surface area contributed by atoms with E-state index in [-0.39, 0.29) is 11.9 Å². The van der Waals surface area contributed by atoms with Gasteiger partial charge in [-0.1, -0.05) is 33.6 Å². The maximum Gasteiger partial charge on any atom is 0.308 e. The van der Waals surface area contributed by atoms with Gasteiger partial charge >= 0.3 is 5.97 Å². The number of esters is 1. The molecule has 0 aromatic rings. The second-order valence-electron chi connectivity index (χ2n) is 4.10. The van der Waals surface area contributed by atoms with Crippen molar-refractivity contribution in [3.8, 4) is 0 Å². The minimum atomic E-state index is -0.0323. The minimum Gasteiger partial charge on any atom is -0.469 e. The van der Waals surface area contributed by atoms with Gasteiger partial charge in [-0.25, -0.2) is 0 Å². The highest BCUT2D eigenvalue weighted by molar-refractivity contribution is 5.72. The molecular weight excluding hydrogens is 176 g/mol. The molecular formula is C12H24O2. The van der Waals surface area contributed by atoms with Gasteiger partial charge in [0.1, 0.15) is 0 Å². The standard InChI is InChI=1S/C12H24O2/c1-5-7-11(12(13)14-4)9-8-10(3)6-2/h10-11H,5-9H2,1-4H3. The summed E-state index contributed by atoms with van der Waals surface area (Å²) in [4.78, 5) is 11.4. The second kappa shape index (κ2) is 7.84. The summed E-state index contributed by atoms with van der Waals surface area (Å²) in [5, 5.41) is 0. The molecule has 0 aromatic carbocycles. The van der Waals surface area contributed by atoms with Crippen LogP contribution in [0.15, 0.2) is 0 Å². The first-order chi connectivity index (χ1) is 6.65. The Morgan fingerprint density at radius 3 is 2.29 bits per heavy atom. The van der Waals surface area contributed by atoms with Gasteiger partial charge in [-0.15, -0.1) is 0 Å². The predicted octanol–water partition coefficient (Wildman–Crippen LogP) is 3.40. The van der Waals surface area contributed by atoms with Crippen molar-refractivity contribution in [3.05, 3.63) is 0 Å². The number of ether oxygens (including phenoxy) is 1. The van der Waals surface area contributed by atoms with E-state index in [4.69, 9.17) is 4.74 Å². The van der Waals surface area contributed by atoms with Gasteiger partial charge in [0.15, 0.2) is 0 Å². The zero-order valence-corrected chi connectivity index (χ0v) is 10.0. The summed E-state index contributed by atoms with van der Waals surface area (Å²) in [6, 6.07) is 0. The molecule has 0 aliphatic rings. The van der Waals surface area contributed by atoms with Crippen LogP contribution in [-0.4, -0.2) is 13.1 Å². The Labute approximate surface area is 88.0 Å². The molecule has 2 atom stereocenters. The van der Waals surface area contributed by atoms with Gasteiger partial charge in [0, 0.05) is 0 Å². The van der Waals surface area contributed by atoms with Gasteiger partial charge in [0.2, 0.25) is 0 Å². The lowest BCUT2D eigenvalue weighted by molar-refractivity contribution is -0.146. The summed E-state index contributed by atoms with van der Waals surface area (Å²) in [6.07, 6.45) is 5.33. The summed E-state index contributed by atoms with van der Waals surface area (Å²) in [6.45, 7) is 6.54. The van der Waals surface area contributed by atoms with Crippen LogP contribution in [0.5, 0.6) is 0 Å². The molecule has 0 heterocycles. The first kappa shape index (κ1) is 13.5. The summed E-state index contributed by atoms with van der Waals surface area (Å²) in [7, 11) is 1.48. The van der Waals surface area contributed by atoms with Crippen LogP contribution in [0, 0.1) is 11.8 Å². The molecule has 2 heteroatoms. The minimum absolute atomic E-state index is 0.0323. The molecule has 0 amide bonds. The molecule has 0 saturated carbocycles. The predicted molar refractivity (Wildman–Crippen MR) is 59.1 cm³/mol. The zero-order chi connectivity index (χ0) is 11.0. The third-order valence-electron chi connectivity index (χ3n) is 2.88. The Balaban J connectivity index is 3.90. The van der Waals surface area contributed by atoms with Gasteiger partial charge in [-0.3, -0.25) is 4.79 Å². The zero-order valence-electron chi connectivity index (χ0n) is 10.0. The molecule has 0 aliphatic heterocycles. The summed E-state index contributed by atoms with van der Waals surface area (Å²) < 4.78 is 4.79. The molecule has 0 N–H and O–H groups in total. The normalized spacial score (nSPS) is 14.9. The number of rotatable bonds is 7. The highest BCUT2D eigenvalue weighted by Crippen LogP contribution is 2.19. The fourth-order valence-electron chi connectivity index (χ4n) is 1.58. The molecule has 2 nitrogen and oxygen atoms in total. The van der Waals surface area contributed by atoms with Crippen LogP contribution in [0.4, 0.5) is 0 Å². The highest BCUT2D eigenvalue weighted by Gasteiger charge is 2.18. The van der Waals surface area contributed by atoms with E-state index in [1.54, 1.807) is 0 Å². The number of carbonyl (C=O) groups is 1. The van der Waals surface area contributed by atoms with E-state index in [0.717, 1.165) is 31.6 Å². The Morgan fingerprint density at radius 2 is 1.86 bits per heavy atom. The van der Waals surface area contributed by atoms with Crippen molar-refractivity contribution >= 4 is 5.97 Å². The molecule has 0 rings (SSSR count). The largest absolute Gasteiger partial charge is 0.469 e. The Kier molecular flexibility index (Phi) is 7.54. The SMILES string of the molecule is CCCC(CCC(C)CC)C(=O)OC. The van der Waals surface area contributed by atoms with Gasteiger partial charge < -0.3 is 4.74 Å². The van der Waals surface area contributed by atoms with Crippen LogP contribution >= 0.6 is 0 Å². The van der Waals surface area contributed by atoms with Crippen LogP contribution in [0.25, 0.3) is 0 Å². The van der Waals surface area contributed by atoms with Crippen LogP contribution in [0.1, 0.15) is 52.9 Å².